The molecule has 0 saturated heterocycles. The van der Waals surface area contributed by atoms with Gasteiger partial charge in [-0.15, -0.1) is 0 Å². The number of carbonyl (C=O) groups is 4. The second-order valence-corrected chi connectivity index (χ2v) is 29.7. The van der Waals surface area contributed by atoms with Gasteiger partial charge in [0, 0.05) is 25.7 Å². The van der Waals surface area contributed by atoms with Crippen LogP contribution >= 0.6 is 15.6 Å². The summed E-state index contributed by atoms with van der Waals surface area (Å²) in [5, 5.41) is 10.6. The lowest BCUT2D eigenvalue weighted by atomic mass is 10.0. The van der Waals surface area contributed by atoms with Gasteiger partial charge < -0.3 is 33.8 Å². The van der Waals surface area contributed by atoms with Gasteiger partial charge in [-0.3, -0.25) is 37.3 Å². The highest BCUT2D eigenvalue weighted by Crippen LogP contribution is 2.45. The molecule has 0 fully saturated rings. The lowest BCUT2D eigenvalue weighted by Crippen LogP contribution is -2.30. The van der Waals surface area contributed by atoms with Crippen LogP contribution in [0, 0.1) is 5.92 Å². The minimum Gasteiger partial charge on any atom is -0.462 e. The zero-order valence-corrected chi connectivity index (χ0v) is 61.5. The van der Waals surface area contributed by atoms with Crippen LogP contribution in [0.15, 0.2) is 0 Å². The van der Waals surface area contributed by atoms with Crippen molar-refractivity contribution in [3.8, 4) is 0 Å². The Morgan fingerprint density at radius 2 is 0.500 bits per heavy atom. The van der Waals surface area contributed by atoms with Crippen LogP contribution in [-0.2, 0) is 65.4 Å². The quantitative estimate of drug-likeness (QED) is 0.0222. The topological polar surface area (TPSA) is 237 Å². The van der Waals surface area contributed by atoms with Gasteiger partial charge in [-0.2, -0.15) is 0 Å². The lowest BCUT2D eigenvalue weighted by Gasteiger charge is -2.21. The molecule has 17 nitrogen and oxygen atoms in total. The van der Waals surface area contributed by atoms with Gasteiger partial charge in [0.05, 0.1) is 26.4 Å². The van der Waals surface area contributed by atoms with Crippen LogP contribution in [0.4, 0.5) is 0 Å². The summed E-state index contributed by atoms with van der Waals surface area (Å²) in [6, 6.07) is 0. The minimum atomic E-state index is -4.95. The first-order chi connectivity index (χ1) is 44.5. The highest BCUT2D eigenvalue weighted by atomic mass is 31.2. The Kier molecular flexibility index (Phi) is 64.9. The molecule has 0 aliphatic carbocycles. The average molecular weight is 1350 g/mol. The van der Waals surface area contributed by atoms with E-state index in [1.165, 1.54) is 193 Å². The number of aliphatic hydroxyl groups excluding tert-OH is 1. The number of phosphoric acid groups is 2. The third kappa shape index (κ3) is 66.7. The molecule has 0 heterocycles. The Morgan fingerprint density at radius 3 is 0.739 bits per heavy atom. The Balaban J connectivity index is 5.16. The standard InChI is InChI=1S/C73H142O17P2/c1-6-9-12-15-18-20-21-22-23-24-25-28-31-34-38-42-47-52-57-71(76)84-63-69(90-73(78)59-54-49-44-39-35-32-29-26-27-30-33-37-41-45-50-55-66(4)5)65-88-92(81,82)86-61-67(74)60-85-91(79,80)87-64-68(62-83-70(75)56-51-46-40-17-14-11-8-3)89-72(77)58-53-48-43-36-19-16-13-10-7-2/h66-69,74H,6-65H2,1-5H3,(H,79,80)(H,81,82)/t67-,68+,69+/m0/s1. The third-order valence-electron chi connectivity index (χ3n) is 17.0. The SMILES string of the molecule is CCCCCCCCCCCCCCCCCCCCC(=O)OC[C@H](COP(=O)(O)OC[C@@H](O)COP(=O)(O)OC[C@@H](COC(=O)CCCCCCCCC)OC(=O)CCCCCCCCCCC)OC(=O)CCCCCCCCCCCCCCCCCC(C)C. The van der Waals surface area contributed by atoms with E-state index in [1.807, 2.05) is 0 Å². The van der Waals surface area contributed by atoms with E-state index in [4.69, 9.17) is 37.0 Å². The second kappa shape index (κ2) is 66.3. The van der Waals surface area contributed by atoms with Gasteiger partial charge in [0.2, 0.25) is 0 Å². The van der Waals surface area contributed by atoms with Crippen molar-refractivity contribution in [3.05, 3.63) is 0 Å². The molecule has 0 aliphatic heterocycles. The van der Waals surface area contributed by atoms with E-state index in [2.05, 4.69) is 34.6 Å². The van der Waals surface area contributed by atoms with Gasteiger partial charge >= 0.3 is 39.5 Å². The average Bonchev–Trinajstić information content (AvgIpc) is 1.84. The highest BCUT2D eigenvalue weighted by Gasteiger charge is 2.30. The first-order valence-electron chi connectivity index (χ1n) is 38.1. The maximum atomic E-state index is 13.1. The van der Waals surface area contributed by atoms with Gasteiger partial charge in [0.15, 0.2) is 12.2 Å². The van der Waals surface area contributed by atoms with Crippen LogP contribution in [-0.4, -0.2) is 96.7 Å². The van der Waals surface area contributed by atoms with Crippen molar-refractivity contribution in [1.29, 1.82) is 0 Å². The maximum Gasteiger partial charge on any atom is 0.472 e. The van der Waals surface area contributed by atoms with Crippen LogP contribution in [0.25, 0.3) is 0 Å². The van der Waals surface area contributed by atoms with Gasteiger partial charge in [-0.05, 0) is 31.6 Å². The Bertz CT molecular complexity index is 1770. The summed E-state index contributed by atoms with van der Waals surface area (Å²) in [7, 11) is -9.89. The summed E-state index contributed by atoms with van der Waals surface area (Å²) in [6.45, 7) is 7.24. The molecule has 0 rings (SSSR count). The fourth-order valence-electron chi connectivity index (χ4n) is 11.2. The van der Waals surface area contributed by atoms with Crippen molar-refractivity contribution in [2.75, 3.05) is 39.6 Å². The number of phosphoric ester groups is 2. The molecule has 92 heavy (non-hydrogen) atoms. The Morgan fingerprint density at radius 1 is 0.293 bits per heavy atom. The van der Waals surface area contributed by atoms with E-state index < -0.39 is 97.5 Å². The van der Waals surface area contributed by atoms with E-state index >= 15 is 0 Å². The monoisotopic (exact) mass is 1350 g/mol. The van der Waals surface area contributed by atoms with Gasteiger partial charge in [-0.25, -0.2) is 9.13 Å². The molecule has 0 saturated carbocycles. The molecule has 5 atom stereocenters. The van der Waals surface area contributed by atoms with Gasteiger partial charge in [0.25, 0.3) is 0 Å². The minimum absolute atomic E-state index is 0.106. The molecular formula is C73H142O17P2. The molecule has 546 valence electrons. The number of hydrogen-bond acceptors (Lipinski definition) is 15. The van der Waals surface area contributed by atoms with Crippen LogP contribution < -0.4 is 0 Å². The maximum absolute atomic E-state index is 13.1. The van der Waals surface area contributed by atoms with Crippen molar-refractivity contribution in [3.63, 3.8) is 0 Å². The zero-order valence-electron chi connectivity index (χ0n) is 59.7. The van der Waals surface area contributed by atoms with Crippen molar-refractivity contribution >= 4 is 39.5 Å². The molecule has 0 spiro atoms. The van der Waals surface area contributed by atoms with Crippen molar-refractivity contribution in [1.82, 2.24) is 0 Å². The summed E-state index contributed by atoms with van der Waals surface area (Å²) in [5.41, 5.74) is 0. The van der Waals surface area contributed by atoms with E-state index in [0.717, 1.165) is 109 Å². The number of esters is 4. The number of hydrogen-bond donors (Lipinski definition) is 3. The normalized spacial score (nSPS) is 14.0. The third-order valence-corrected chi connectivity index (χ3v) is 18.9. The van der Waals surface area contributed by atoms with Crippen LogP contribution in [0.5, 0.6) is 0 Å². The second-order valence-electron chi connectivity index (χ2n) is 26.8. The molecule has 0 bridgehead atoms. The number of unbranched alkanes of at least 4 members (excludes halogenated alkanes) is 45. The summed E-state index contributed by atoms with van der Waals surface area (Å²) in [5.74, 6) is -1.32. The summed E-state index contributed by atoms with van der Waals surface area (Å²) in [4.78, 5) is 72.5. The summed E-state index contributed by atoms with van der Waals surface area (Å²) >= 11 is 0. The lowest BCUT2D eigenvalue weighted by molar-refractivity contribution is -0.161. The Hall–Kier alpha value is -1.94. The van der Waals surface area contributed by atoms with Crippen LogP contribution in [0.1, 0.15) is 381 Å². The number of ether oxygens (including phenoxy) is 4. The predicted octanol–water partition coefficient (Wildman–Crippen LogP) is 21.3. The van der Waals surface area contributed by atoms with Gasteiger partial charge in [-0.1, -0.05) is 330 Å². The molecule has 2 unspecified atom stereocenters. The molecule has 0 aromatic rings. The first kappa shape index (κ1) is 90.1. The smallest absolute Gasteiger partial charge is 0.462 e. The fraction of sp³-hybridized carbons (Fsp3) is 0.945. The summed E-state index contributed by atoms with van der Waals surface area (Å²) < 4.78 is 68.2. The summed E-state index contributed by atoms with van der Waals surface area (Å²) in [6.07, 6.45) is 54.3. The molecule has 0 aliphatic rings. The Labute approximate surface area is 562 Å². The van der Waals surface area contributed by atoms with E-state index in [1.54, 1.807) is 0 Å². The number of aliphatic hydroxyl groups is 1. The first-order valence-corrected chi connectivity index (χ1v) is 41.1. The molecule has 19 heteroatoms. The van der Waals surface area contributed by atoms with E-state index in [-0.39, 0.29) is 25.7 Å². The molecule has 0 aromatic carbocycles. The van der Waals surface area contributed by atoms with Crippen molar-refractivity contribution in [2.45, 2.75) is 400 Å². The highest BCUT2D eigenvalue weighted by molar-refractivity contribution is 7.47. The largest absolute Gasteiger partial charge is 0.472 e. The molecule has 0 amide bonds. The van der Waals surface area contributed by atoms with E-state index in [9.17, 15) is 43.2 Å². The number of carbonyl (C=O) groups excluding carboxylic acids is 4. The molecule has 0 aromatic heterocycles. The van der Waals surface area contributed by atoms with Crippen LogP contribution in [0.2, 0.25) is 0 Å². The fourth-order valence-corrected chi connectivity index (χ4v) is 12.8. The van der Waals surface area contributed by atoms with Crippen LogP contribution in [0.3, 0.4) is 0 Å². The van der Waals surface area contributed by atoms with E-state index in [0.29, 0.717) is 25.7 Å². The number of rotatable bonds is 73. The molecular weight excluding hydrogens is 1210 g/mol. The van der Waals surface area contributed by atoms with Crippen molar-refractivity contribution in [2.24, 2.45) is 5.92 Å². The molecule has 3 N–H and O–H groups in total. The van der Waals surface area contributed by atoms with Gasteiger partial charge in [0.1, 0.15) is 19.3 Å². The molecule has 0 radical (unpaired) electrons. The zero-order chi connectivity index (χ0) is 67.7. The van der Waals surface area contributed by atoms with Crippen molar-refractivity contribution < 1.29 is 80.2 Å². The predicted molar refractivity (Wildman–Crippen MR) is 372 cm³/mol.